The molecule has 116 valence electrons. The summed E-state index contributed by atoms with van der Waals surface area (Å²) < 4.78 is 0. The van der Waals surface area contributed by atoms with Gasteiger partial charge in [0.1, 0.15) is 0 Å². The van der Waals surface area contributed by atoms with Crippen LogP contribution in [0.1, 0.15) is 5.56 Å². The van der Waals surface area contributed by atoms with Gasteiger partial charge in [-0.1, -0.05) is 48.0 Å². The maximum absolute atomic E-state index is 12.5. The van der Waals surface area contributed by atoms with Crippen molar-refractivity contribution in [1.29, 1.82) is 0 Å². The van der Waals surface area contributed by atoms with Gasteiger partial charge in [0.15, 0.2) is 0 Å². The molecule has 0 bridgehead atoms. The summed E-state index contributed by atoms with van der Waals surface area (Å²) in [4.78, 5) is 26.9. The predicted octanol–water partition coefficient (Wildman–Crippen LogP) is 2.38. The van der Waals surface area contributed by atoms with Crippen LogP contribution in [0, 0.1) is 0 Å². The molecule has 1 heterocycles. The van der Waals surface area contributed by atoms with Gasteiger partial charge in [-0.05, 0) is 17.7 Å². The normalized spacial score (nSPS) is 10.7. The molecule has 0 radical (unpaired) electrons. The van der Waals surface area contributed by atoms with Crippen molar-refractivity contribution in [3.63, 3.8) is 0 Å². The molecule has 0 unspecified atom stereocenters. The quantitative estimate of drug-likeness (QED) is 0.392. The zero-order valence-corrected chi connectivity index (χ0v) is 12.9. The molecular formula is C17H14ClN3O2. The molecule has 0 fully saturated rings. The molecule has 5 nitrogen and oxygen atoms in total. The van der Waals surface area contributed by atoms with Crippen molar-refractivity contribution >= 4 is 28.4 Å². The smallest absolute Gasteiger partial charge is 0.252 e. The molecule has 4 N–H and O–H groups in total. The fourth-order valence-electron chi connectivity index (χ4n) is 2.63. The number of H-pyrrole nitrogens is 1. The number of aromatic nitrogens is 1. The number of amides is 1. The summed E-state index contributed by atoms with van der Waals surface area (Å²) in [5.41, 5.74) is 4.29. The molecule has 0 aliphatic rings. The van der Waals surface area contributed by atoms with Gasteiger partial charge >= 0.3 is 0 Å². The van der Waals surface area contributed by atoms with E-state index in [1.807, 2.05) is 36.4 Å². The molecule has 0 saturated heterocycles. The summed E-state index contributed by atoms with van der Waals surface area (Å²) in [6, 6.07) is 14.7. The maximum Gasteiger partial charge on any atom is 0.252 e. The lowest BCUT2D eigenvalue weighted by Gasteiger charge is -2.12. The first kappa shape index (κ1) is 15.3. The van der Waals surface area contributed by atoms with Crippen molar-refractivity contribution in [2.75, 3.05) is 0 Å². The van der Waals surface area contributed by atoms with Gasteiger partial charge in [0.25, 0.3) is 5.56 Å². The number of aromatic amines is 1. The summed E-state index contributed by atoms with van der Waals surface area (Å²) in [6.45, 7) is 0. The highest BCUT2D eigenvalue weighted by Crippen LogP contribution is 2.30. The molecule has 0 saturated carbocycles. The third-order valence-corrected chi connectivity index (χ3v) is 3.87. The molecule has 0 aliphatic heterocycles. The molecule has 1 aromatic heterocycles. The molecular weight excluding hydrogens is 314 g/mol. The van der Waals surface area contributed by atoms with Crippen LogP contribution in [0.25, 0.3) is 22.0 Å². The largest absolute Gasteiger partial charge is 0.322 e. The second-order valence-electron chi connectivity index (χ2n) is 5.11. The second-order valence-corrected chi connectivity index (χ2v) is 5.54. The highest BCUT2D eigenvalue weighted by molar-refractivity contribution is 6.31. The molecule has 0 atom stereocenters. The van der Waals surface area contributed by atoms with Crippen molar-refractivity contribution < 1.29 is 4.79 Å². The number of pyridine rings is 1. The summed E-state index contributed by atoms with van der Waals surface area (Å²) >= 11 is 6.01. The van der Waals surface area contributed by atoms with E-state index in [-0.39, 0.29) is 12.0 Å². The maximum atomic E-state index is 12.5. The number of rotatable bonds is 3. The van der Waals surface area contributed by atoms with E-state index in [0.717, 1.165) is 10.9 Å². The van der Waals surface area contributed by atoms with Crippen LogP contribution in [0.3, 0.4) is 0 Å². The number of nitrogens with two attached hydrogens (primary N) is 1. The number of hydrogen-bond acceptors (Lipinski definition) is 3. The van der Waals surface area contributed by atoms with Crippen molar-refractivity contribution in [1.82, 2.24) is 10.4 Å². The lowest BCUT2D eigenvalue weighted by atomic mass is 9.94. The van der Waals surface area contributed by atoms with E-state index in [9.17, 15) is 9.59 Å². The van der Waals surface area contributed by atoms with Crippen LogP contribution in [0.4, 0.5) is 0 Å². The van der Waals surface area contributed by atoms with Gasteiger partial charge in [0.05, 0.1) is 11.9 Å². The molecule has 6 heteroatoms. The third kappa shape index (κ3) is 2.97. The Morgan fingerprint density at radius 3 is 2.61 bits per heavy atom. The Bertz CT molecular complexity index is 936. The Morgan fingerprint density at radius 1 is 1.17 bits per heavy atom. The summed E-state index contributed by atoms with van der Waals surface area (Å²) in [5.74, 6) is 4.73. The van der Waals surface area contributed by atoms with Crippen LogP contribution < -0.4 is 16.8 Å². The van der Waals surface area contributed by atoms with E-state index in [0.29, 0.717) is 21.7 Å². The van der Waals surface area contributed by atoms with Crippen LogP contribution in [-0.4, -0.2) is 10.9 Å². The Labute approximate surface area is 137 Å². The van der Waals surface area contributed by atoms with Crippen LogP contribution in [0.5, 0.6) is 0 Å². The van der Waals surface area contributed by atoms with E-state index >= 15 is 0 Å². The van der Waals surface area contributed by atoms with Gasteiger partial charge in [-0.3, -0.25) is 15.0 Å². The Kier molecular flexibility index (Phi) is 4.14. The standard InChI is InChI=1S/C17H14ClN3O2/c18-11-6-7-12-14(8-11)20-17(23)13(9-15(22)21-19)16(12)10-4-2-1-3-5-10/h1-8H,9,19H2,(H,20,23)(H,21,22). The van der Waals surface area contributed by atoms with Gasteiger partial charge in [-0.15, -0.1) is 0 Å². The molecule has 23 heavy (non-hydrogen) atoms. The Balaban J connectivity index is 2.37. The van der Waals surface area contributed by atoms with Crippen molar-refractivity contribution in [2.45, 2.75) is 6.42 Å². The number of fused-ring (bicyclic) bond motifs is 1. The first-order valence-electron chi connectivity index (χ1n) is 6.99. The molecule has 2 aromatic carbocycles. The minimum atomic E-state index is -0.430. The van der Waals surface area contributed by atoms with Gasteiger partial charge < -0.3 is 4.98 Å². The van der Waals surface area contributed by atoms with Crippen LogP contribution >= 0.6 is 11.6 Å². The second kappa shape index (κ2) is 6.24. The number of carbonyl (C=O) groups is 1. The summed E-state index contributed by atoms with van der Waals surface area (Å²) in [6.07, 6.45) is -0.103. The number of benzene rings is 2. The van der Waals surface area contributed by atoms with E-state index in [4.69, 9.17) is 17.4 Å². The summed E-state index contributed by atoms with van der Waals surface area (Å²) in [7, 11) is 0. The minimum Gasteiger partial charge on any atom is -0.322 e. The number of hydrazine groups is 1. The van der Waals surface area contributed by atoms with Crippen LogP contribution in [-0.2, 0) is 11.2 Å². The van der Waals surface area contributed by atoms with Gasteiger partial charge in [0, 0.05) is 21.5 Å². The Morgan fingerprint density at radius 2 is 1.91 bits per heavy atom. The highest BCUT2D eigenvalue weighted by atomic mass is 35.5. The minimum absolute atomic E-state index is 0.103. The summed E-state index contributed by atoms with van der Waals surface area (Å²) in [5, 5.41) is 1.35. The number of carbonyl (C=O) groups excluding carboxylic acids is 1. The van der Waals surface area contributed by atoms with Gasteiger partial charge in [-0.2, -0.15) is 0 Å². The zero-order chi connectivity index (χ0) is 16.4. The molecule has 3 rings (SSSR count). The Hall–Kier alpha value is -2.63. The fraction of sp³-hybridized carbons (Fsp3) is 0.0588. The van der Waals surface area contributed by atoms with E-state index in [2.05, 4.69) is 10.4 Å². The number of hydrogen-bond donors (Lipinski definition) is 3. The zero-order valence-electron chi connectivity index (χ0n) is 12.1. The molecule has 1 amide bonds. The third-order valence-electron chi connectivity index (χ3n) is 3.64. The topological polar surface area (TPSA) is 88.0 Å². The van der Waals surface area contributed by atoms with E-state index in [1.165, 1.54) is 0 Å². The fourth-order valence-corrected chi connectivity index (χ4v) is 2.80. The van der Waals surface area contributed by atoms with Gasteiger partial charge in [-0.25, -0.2) is 5.84 Å². The lowest BCUT2D eigenvalue weighted by Crippen LogP contribution is -2.33. The highest BCUT2D eigenvalue weighted by Gasteiger charge is 2.17. The van der Waals surface area contributed by atoms with Crippen LogP contribution in [0.2, 0.25) is 5.02 Å². The monoisotopic (exact) mass is 327 g/mol. The van der Waals surface area contributed by atoms with E-state index in [1.54, 1.807) is 12.1 Å². The molecule has 3 aromatic rings. The number of halogens is 1. The first-order chi connectivity index (χ1) is 11.1. The van der Waals surface area contributed by atoms with Crippen molar-refractivity contribution in [3.8, 4) is 11.1 Å². The van der Waals surface area contributed by atoms with E-state index < -0.39 is 5.91 Å². The van der Waals surface area contributed by atoms with Crippen molar-refractivity contribution in [3.05, 3.63) is 69.5 Å². The van der Waals surface area contributed by atoms with Crippen molar-refractivity contribution in [2.24, 2.45) is 5.84 Å². The average Bonchev–Trinajstić information content (AvgIpc) is 2.56. The SMILES string of the molecule is NNC(=O)Cc1c(-c2ccccc2)c2ccc(Cl)cc2[nH]c1=O. The molecule has 0 aliphatic carbocycles. The van der Waals surface area contributed by atoms with Gasteiger partial charge in [0.2, 0.25) is 5.91 Å². The molecule has 0 spiro atoms. The predicted molar refractivity (Wildman–Crippen MR) is 91.0 cm³/mol. The average molecular weight is 328 g/mol. The van der Waals surface area contributed by atoms with Crippen LogP contribution in [0.15, 0.2) is 53.3 Å². The number of nitrogens with one attached hydrogen (secondary N) is 2. The lowest BCUT2D eigenvalue weighted by molar-refractivity contribution is -0.120. The first-order valence-corrected chi connectivity index (χ1v) is 7.37.